The standard InChI is InChI=1S/C24H23N5O2/c1-15-7-5-6-8-21(15)24(30)25-19-9-11-20(12-10-19)31-23-14-13-22(26-27-23)29-18(4)16(2)17(3)28-29/h5-14H,1-4H3,(H,25,30). The second-order valence-electron chi connectivity index (χ2n) is 7.33. The van der Waals surface area contributed by atoms with Crippen molar-refractivity contribution in [2.45, 2.75) is 27.7 Å². The second-order valence-corrected chi connectivity index (χ2v) is 7.33. The molecule has 0 aliphatic heterocycles. The van der Waals surface area contributed by atoms with Crippen LogP contribution in [0, 0.1) is 27.7 Å². The number of nitrogens with zero attached hydrogens (tertiary/aromatic N) is 4. The summed E-state index contributed by atoms with van der Waals surface area (Å²) in [5.41, 5.74) is 5.39. The molecule has 4 aromatic rings. The Morgan fingerprint density at radius 1 is 0.903 bits per heavy atom. The molecule has 0 saturated heterocycles. The molecule has 1 N–H and O–H groups in total. The van der Waals surface area contributed by atoms with E-state index in [9.17, 15) is 4.79 Å². The van der Waals surface area contributed by atoms with Gasteiger partial charge in [-0.2, -0.15) is 5.10 Å². The number of ether oxygens (including phenoxy) is 1. The van der Waals surface area contributed by atoms with E-state index in [1.807, 2.05) is 52.0 Å². The van der Waals surface area contributed by atoms with E-state index in [2.05, 4.69) is 20.6 Å². The third-order valence-electron chi connectivity index (χ3n) is 5.22. The van der Waals surface area contributed by atoms with Crippen molar-refractivity contribution in [1.29, 1.82) is 0 Å². The Bertz CT molecular complexity index is 1230. The van der Waals surface area contributed by atoms with E-state index in [1.54, 1.807) is 41.1 Å². The summed E-state index contributed by atoms with van der Waals surface area (Å²) < 4.78 is 7.55. The lowest BCUT2D eigenvalue weighted by Gasteiger charge is -2.09. The fraction of sp³-hybridized carbons (Fsp3) is 0.167. The van der Waals surface area contributed by atoms with Crippen LogP contribution < -0.4 is 10.1 Å². The fourth-order valence-corrected chi connectivity index (χ4v) is 3.18. The molecule has 0 saturated carbocycles. The average Bonchev–Trinajstić information content (AvgIpc) is 3.03. The molecule has 0 atom stereocenters. The van der Waals surface area contributed by atoms with Crippen molar-refractivity contribution >= 4 is 11.6 Å². The molecule has 4 rings (SSSR count). The van der Waals surface area contributed by atoms with Gasteiger partial charge in [-0.3, -0.25) is 4.79 Å². The van der Waals surface area contributed by atoms with Crippen molar-refractivity contribution < 1.29 is 9.53 Å². The van der Waals surface area contributed by atoms with Gasteiger partial charge in [-0.25, -0.2) is 4.68 Å². The van der Waals surface area contributed by atoms with Gasteiger partial charge in [0.1, 0.15) is 5.75 Å². The maximum atomic E-state index is 12.4. The fourth-order valence-electron chi connectivity index (χ4n) is 3.18. The van der Waals surface area contributed by atoms with Gasteiger partial charge >= 0.3 is 0 Å². The van der Waals surface area contributed by atoms with Crippen LogP contribution in [0.1, 0.15) is 32.9 Å². The van der Waals surface area contributed by atoms with Crippen LogP contribution in [0.3, 0.4) is 0 Å². The van der Waals surface area contributed by atoms with Gasteiger partial charge < -0.3 is 10.1 Å². The molecule has 7 heteroatoms. The molecule has 0 fully saturated rings. The minimum atomic E-state index is -0.146. The number of anilines is 1. The van der Waals surface area contributed by atoms with Crippen molar-refractivity contribution in [3.05, 3.63) is 88.7 Å². The van der Waals surface area contributed by atoms with E-state index in [1.165, 1.54) is 0 Å². The van der Waals surface area contributed by atoms with E-state index in [-0.39, 0.29) is 5.91 Å². The van der Waals surface area contributed by atoms with Gasteiger partial charge in [-0.15, -0.1) is 10.2 Å². The predicted molar refractivity (Wildman–Crippen MR) is 119 cm³/mol. The van der Waals surface area contributed by atoms with E-state index >= 15 is 0 Å². The van der Waals surface area contributed by atoms with Crippen LogP contribution in [0.4, 0.5) is 5.69 Å². The van der Waals surface area contributed by atoms with Gasteiger partial charge in [0.2, 0.25) is 5.88 Å². The molecule has 0 unspecified atom stereocenters. The molecular formula is C24H23N5O2. The molecule has 0 spiro atoms. The molecule has 0 aliphatic rings. The number of rotatable bonds is 5. The molecule has 0 bridgehead atoms. The van der Waals surface area contributed by atoms with Crippen molar-refractivity contribution in [2.24, 2.45) is 0 Å². The predicted octanol–water partition coefficient (Wildman–Crippen LogP) is 4.94. The summed E-state index contributed by atoms with van der Waals surface area (Å²) in [6.45, 7) is 7.91. The van der Waals surface area contributed by atoms with Gasteiger partial charge in [0.25, 0.3) is 5.91 Å². The molecule has 0 radical (unpaired) electrons. The lowest BCUT2D eigenvalue weighted by molar-refractivity contribution is 0.102. The number of nitrogens with one attached hydrogen (secondary N) is 1. The highest BCUT2D eigenvalue weighted by molar-refractivity contribution is 6.05. The first kappa shape index (κ1) is 20.3. The van der Waals surface area contributed by atoms with Crippen molar-refractivity contribution in [2.75, 3.05) is 5.32 Å². The first-order chi connectivity index (χ1) is 14.9. The Balaban J connectivity index is 1.42. The van der Waals surface area contributed by atoms with Crippen LogP contribution in [0.25, 0.3) is 5.82 Å². The lowest BCUT2D eigenvalue weighted by Crippen LogP contribution is -2.13. The van der Waals surface area contributed by atoms with Gasteiger partial charge in [0.15, 0.2) is 5.82 Å². The topological polar surface area (TPSA) is 81.9 Å². The number of aryl methyl sites for hydroxylation is 2. The Morgan fingerprint density at radius 3 is 2.26 bits per heavy atom. The zero-order valence-corrected chi connectivity index (χ0v) is 17.9. The number of benzene rings is 2. The van der Waals surface area contributed by atoms with Gasteiger partial charge in [-0.05, 0) is 75.2 Å². The zero-order chi connectivity index (χ0) is 22.0. The molecule has 2 heterocycles. The van der Waals surface area contributed by atoms with Crippen LogP contribution >= 0.6 is 0 Å². The van der Waals surface area contributed by atoms with E-state index in [0.29, 0.717) is 28.7 Å². The summed E-state index contributed by atoms with van der Waals surface area (Å²) >= 11 is 0. The van der Waals surface area contributed by atoms with Crippen molar-refractivity contribution in [3.8, 4) is 17.4 Å². The Hall–Kier alpha value is -4.00. The maximum Gasteiger partial charge on any atom is 0.255 e. The van der Waals surface area contributed by atoms with E-state index in [4.69, 9.17) is 4.74 Å². The zero-order valence-electron chi connectivity index (χ0n) is 17.9. The average molecular weight is 413 g/mol. The van der Waals surface area contributed by atoms with Gasteiger partial charge in [0, 0.05) is 23.0 Å². The summed E-state index contributed by atoms with van der Waals surface area (Å²) in [7, 11) is 0. The SMILES string of the molecule is Cc1ccccc1C(=O)Nc1ccc(Oc2ccc(-n3nc(C)c(C)c3C)nn2)cc1. The lowest BCUT2D eigenvalue weighted by atomic mass is 10.1. The summed E-state index contributed by atoms with van der Waals surface area (Å²) in [4.78, 5) is 12.4. The molecule has 7 nitrogen and oxygen atoms in total. The number of aromatic nitrogens is 4. The summed E-state index contributed by atoms with van der Waals surface area (Å²) in [6.07, 6.45) is 0. The van der Waals surface area contributed by atoms with Gasteiger partial charge in [0.05, 0.1) is 5.69 Å². The van der Waals surface area contributed by atoms with Crippen LogP contribution in [0.2, 0.25) is 0 Å². The first-order valence-electron chi connectivity index (χ1n) is 9.94. The Kier molecular flexibility index (Phi) is 5.49. The molecule has 0 aliphatic carbocycles. The number of hydrogen-bond donors (Lipinski definition) is 1. The number of carbonyl (C=O) groups excluding carboxylic acids is 1. The normalized spacial score (nSPS) is 10.7. The van der Waals surface area contributed by atoms with Crippen molar-refractivity contribution in [1.82, 2.24) is 20.0 Å². The number of carbonyl (C=O) groups is 1. The molecule has 2 aromatic carbocycles. The molecule has 2 aromatic heterocycles. The van der Waals surface area contributed by atoms with Gasteiger partial charge in [-0.1, -0.05) is 18.2 Å². The highest BCUT2D eigenvalue weighted by Crippen LogP contribution is 2.23. The summed E-state index contributed by atoms with van der Waals surface area (Å²) in [5, 5.41) is 15.8. The first-order valence-corrected chi connectivity index (χ1v) is 9.94. The molecule has 1 amide bonds. The molecule has 31 heavy (non-hydrogen) atoms. The molecular weight excluding hydrogens is 390 g/mol. The quantitative estimate of drug-likeness (QED) is 0.501. The molecule has 156 valence electrons. The summed E-state index contributed by atoms with van der Waals surface area (Å²) in [6, 6.07) is 18.2. The van der Waals surface area contributed by atoms with Crippen molar-refractivity contribution in [3.63, 3.8) is 0 Å². The monoisotopic (exact) mass is 413 g/mol. The van der Waals surface area contributed by atoms with Crippen LogP contribution in [-0.2, 0) is 0 Å². The third-order valence-corrected chi connectivity index (χ3v) is 5.22. The second kappa shape index (κ2) is 8.39. The maximum absolute atomic E-state index is 12.4. The summed E-state index contributed by atoms with van der Waals surface area (Å²) in [5.74, 6) is 1.46. The largest absolute Gasteiger partial charge is 0.438 e. The number of hydrogen-bond acceptors (Lipinski definition) is 5. The van der Waals surface area contributed by atoms with Crippen LogP contribution in [0.15, 0.2) is 60.7 Å². The minimum absolute atomic E-state index is 0.146. The highest BCUT2D eigenvalue weighted by Gasteiger charge is 2.11. The third kappa shape index (κ3) is 4.30. The number of amides is 1. The smallest absolute Gasteiger partial charge is 0.255 e. The van der Waals surface area contributed by atoms with E-state index in [0.717, 1.165) is 22.5 Å². The van der Waals surface area contributed by atoms with Crippen LogP contribution in [-0.4, -0.2) is 25.9 Å². The van der Waals surface area contributed by atoms with E-state index < -0.39 is 0 Å². The highest BCUT2D eigenvalue weighted by atomic mass is 16.5. The minimum Gasteiger partial charge on any atom is -0.438 e. The Morgan fingerprint density at radius 2 is 1.65 bits per heavy atom. The Labute approximate surface area is 180 Å². The van der Waals surface area contributed by atoms with Crippen LogP contribution in [0.5, 0.6) is 11.6 Å².